The van der Waals surface area contributed by atoms with Crippen LogP contribution in [-0.2, 0) is 6.54 Å². The summed E-state index contributed by atoms with van der Waals surface area (Å²) in [6.45, 7) is 3.58. The molecule has 0 unspecified atom stereocenters. The van der Waals surface area contributed by atoms with Crippen LogP contribution in [0.15, 0.2) is 16.8 Å². The van der Waals surface area contributed by atoms with Crippen molar-refractivity contribution in [3.8, 4) is 11.3 Å². The van der Waals surface area contributed by atoms with Crippen molar-refractivity contribution in [3.63, 3.8) is 0 Å². The summed E-state index contributed by atoms with van der Waals surface area (Å²) in [6.07, 6.45) is 4.09. The lowest BCUT2D eigenvalue weighted by Crippen LogP contribution is -2.28. The molecule has 2 N–H and O–H groups in total. The second-order valence-corrected chi connectivity index (χ2v) is 6.59. The molecule has 3 heterocycles. The summed E-state index contributed by atoms with van der Waals surface area (Å²) in [5.74, 6) is 0. The Balaban J connectivity index is 1.69. The fraction of sp³-hybridized carbons (Fsp3) is 0.462. The predicted molar refractivity (Wildman–Crippen MR) is 79.0 cm³/mol. The van der Waals surface area contributed by atoms with E-state index in [1.165, 1.54) is 54.1 Å². The van der Waals surface area contributed by atoms with Crippen LogP contribution in [0.1, 0.15) is 24.1 Å². The predicted octanol–water partition coefficient (Wildman–Crippen LogP) is 3.44. The Hall–Kier alpha value is -0.910. The largest absolute Gasteiger partial charge is 0.375 e. The molecule has 0 spiro atoms. The molecule has 2 aromatic rings. The van der Waals surface area contributed by atoms with E-state index >= 15 is 0 Å². The van der Waals surface area contributed by atoms with Gasteiger partial charge in [-0.05, 0) is 32.0 Å². The topological polar surface area (TPSA) is 42.1 Å². The highest BCUT2D eigenvalue weighted by Crippen LogP contribution is 2.28. The van der Waals surface area contributed by atoms with Crippen LogP contribution >= 0.6 is 22.7 Å². The van der Waals surface area contributed by atoms with Crippen LogP contribution in [0.3, 0.4) is 0 Å². The summed E-state index contributed by atoms with van der Waals surface area (Å²) in [7, 11) is 0. The number of thiophene rings is 1. The van der Waals surface area contributed by atoms with Crippen LogP contribution < -0.4 is 5.73 Å². The highest BCUT2D eigenvalue weighted by molar-refractivity contribution is 7.14. The van der Waals surface area contributed by atoms with Gasteiger partial charge in [0.2, 0.25) is 0 Å². The van der Waals surface area contributed by atoms with Gasteiger partial charge < -0.3 is 5.73 Å². The molecule has 96 valence electrons. The van der Waals surface area contributed by atoms with Gasteiger partial charge in [-0.25, -0.2) is 4.98 Å². The molecule has 1 aliphatic heterocycles. The minimum Gasteiger partial charge on any atom is -0.375 e. The fourth-order valence-electron chi connectivity index (χ4n) is 2.36. The standard InChI is InChI=1S/C13H17N3S2/c14-13-15-12(9-18-13)10-6-11(17-8-10)7-16-4-2-1-3-5-16/h6,8-9H,1-5,7H2,(H2,14,15). The average Bonchev–Trinajstić information content (AvgIpc) is 2.99. The number of rotatable bonds is 3. The van der Waals surface area contributed by atoms with Crippen molar-refractivity contribution in [2.75, 3.05) is 18.8 Å². The van der Waals surface area contributed by atoms with Gasteiger partial charge >= 0.3 is 0 Å². The lowest BCUT2D eigenvalue weighted by atomic mass is 10.1. The molecule has 0 saturated carbocycles. The highest BCUT2D eigenvalue weighted by atomic mass is 32.1. The number of likely N-dealkylation sites (tertiary alicyclic amines) is 1. The zero-order valence-corrected chi connectivity index (χ0v) is 11.9. The van der Waals surface area contributed by atoms with Gasteiger partial charge in [-0.15, -0.1) is 22.7 Å². The van der Waals surface area contributed by atoms with E-state index in [-0.39, 0.29) is 0 Å². The second-order valence-electron chi connectivity index (χ2n) is 4.71. The quantitative estimate of drug-likeness (QED) is 0.936. The second kappa shape index (κ2) is 5.38. The third kappa shape index (κ3) is 2.74. The number of anilines is 1. The fourth-order valence-corrected chi connectivity index (χ4v) is 3.85. The molecule has 3 nitrogen and oxygen atoms in total. The van der Waals surface area contributed by atoms with Crippen molar-refractivity contribution in [2.24, 2.45) is 0 Å². The van der Waals surface area contributed by atoms with E-state index in [1.807, 2.05) is 16.7 Å². The number of piperidine rings is 1. The van der Waals surface area contributed by atoms with E-state index in [2.05, 4.69) is 21.3 Å². The zero-order valence-electron chi connectivity index (χ0n) is 10.3. The molecule has 0 atom stereocenters. The Kier molecular flexibility index (Phi) is 3.63. The molecule has 0 aromatic carbocycles. The molecule has 0 aliphatic carbocycles. The molecule has 0 radical (unpaired) electrons. The highest BCUT2D eigenvalue weighted by Gasteiger charge is 2.12. The maximum Gasteiger partial charge on any atom is 0.180 e. The molecular formula is C13H17N3S2. The number of nitrogen functional groups attached to an aromatic ring is 1. The van der Waals surface area contributed by atoms with Gasteiger partial charge in [0.25, 0.3) is 0 Å². The number of aromatic nitrogens is 1. The van der Waals surface area contributed by atoms with E-state index < -0.39 is 0 Å². The van der Waals surface area contributed by atoms with Crippen LogP contribution in [0.25, 0.3) is 11.3 Å². The van der Waals surface area contributed by atoms with Crippen molar-refractivity contribution < 1.29 is 0 Å². The van der Waals surface area contributed by atoms with Crippen molar-refractivity contribution >= 4 is 27.8 Å². The van der Waals surface area contributed by atoms with E-state index in [4.69, 9.17) is 5.73 Å². The van der Waals surface area contributed by atoms with Crippen molar-refractivity contribution in [1.29, 1.82) is 0 Å². The number of thiazole rings is 1. The number of nitrogens with two attached hydrogens (primary N) is 1. The van der Waals surface area contributed by atoms with Crippen LogP contribution in [0.4, 0.5) is 5.13 Å². The molecule has 1 fully saturated rings. The number of hydrogen-bond donors (Lipinski definition) is 1. The van der Waals surface area contributed by atoms with Gasteiger partial charge in [-0.2, -0.15) is 0 Å². The minimum absolute atomic E-state index is 0.647. The number of hydrogen-bond acceptors (Lipinski definition) is 5. The Morgan fingerprint density at radius 3 is 2.72 bits per heavy atom. The Bertz CT molecular complexity index is 512. The maximum absolute atomic E-state index is 5.67. The molecule has 18 heavy (non-hydrogen) atoms. The molecule has 1 aliphatic rings. The van der Waals surface area contributed by atoms with Gasteiger partial charge in [0.15, 0.2) is 5.13 Å². The lowest BCUT2D eigenvalue weighted by molar-refractivity contribution is 0.222. The van der Waals surface area contributed by atoms with Crippen molar-refractivity contribution in [2.45, 2.75) is 25.8 Å². The average molecular weight is 279 g/mol. The Morgan fingerprint density at radius 1 is 1.17 bits per heavy atom. The van der Waals surface area contributed by atoms with E-state index in [0.717, 1.165) is 12.2 Å². The molecule has 0 bridgehead atoms. The van der Waals surface area contributed by atoms with E-state index in [9.17, 15) is 0 Å². The summed E-state index contributed by atoms with van der Waals surface area (Å²) < 4.78 is 0. The van der Waals surface area contributed by atoms with Crippen LogP contribution in [-0.4, -0.2) is 23.0 Å². The van der Waals surface area contributed by atoms with Gasteiger partial charge in [0.05, 0.1) is 5.69 Å². The zero-order chi connectivity index (χ0) is 12.4. The first kappa shape index (κ1) is 12.1. The van der Waals surface area contributed by atoms with Crippen LogP contribution in [0.2, 0.25) is 0 Å². The summed E-state index contributed by atoms with van der Waals surface area (Å²) >= 11 is 3.33. The minimum atomic E-state index is 0.647. The smallest absolute Gasteiger partial charge is 0.180 e. The van der Waals surface area contributed by atoms with Gasteiger partial charge in [-0.1, -0.05) is 6.42 Å². The first-order valence-electron chi connectivity index (χ1n) is 6.32. The molecule has 5 heteroatoms. The van der Waals surface area contributed by atoms with Crippen molar-refractivity contribution in [1.82, 2.24) is 9.88 Å². The third-order valence-electron chi connectivity index (χ3n) is 3.30. The van der Waals surface area contributed by atoms with E-state index in [1.54, 1.807) is 0 Å². The van der Waals surface area contributed by atoms with Gasteiger partial charge in [0, 0.05) is 27.7 Å². The summed E-state index contributed by atoms with van der Waals surface area (Å²) in [5.41, 5.74) is 7.90. The molecule has 0 amide bonds. The Labute approximate surface area is 115 Å². The SMILES string of the molecule is Nc1nc(-c2csc(CN3CCCCC3)c2)cs1. The van der Waals surface area contributed by atoms with Crippen molar-refractivity contribution in [3.05, 3.63) is 21.7 Å². The first-order valence-corrected chi connectivity index (χ1v) is 8.08. The monoisotopic (exact) mass is 279 g/mol. The van der Waals surface area contributed by atoms with Crippen LogP contribution in [0.5, 0.6) is 0 Å². The lowest BCUT2D eigenvalue weighted by Gasteiger charge is -2.25. The van der Waals surface area contributed by atoms with Gasteiger partial charge in [-0.3, -0.25) is 4.90 Å². The maximum atomic E-state index is 5.67. The van der Waals surface area contributed by atoms with Gasteiger partial charge in [0.1, 0.15) is 0 Å². The molecular weight excluding hydrogens is 262 g/mol. The normalized spacial score (nSPS) is 17.1. The summed E-state index contributed by atoms with van der Waals surface area (Å²) in [6, 6.07) is 2.26. The summed E-state index contributed by atoms with van der Waals surface area (Å²) in [5, 5.41) is 4.87. The summed E-state index contributed by atoms with van der Waals surface area (Å²) in [4.78, 5) is 8.31. The first-order chi connectivity index (χ1) is 8.81. The Morgan fingerprint density at radius 2 is 2.00 bits per heavy atom. The molecule has 3 rings (SSSR count). The molecule has 2 aromatic heterocycles. The number of nitrogens with zero attached hydrogens (tertiary/aromatic N) is 2. The van der Waals surface area contributed by atoms with Crippen LogP contribution in [0, 0.1) is 0 Å². The molecule has 1 saturated heterocycles. The third-order valence-corrected chi connectivity index (χ3v) is 4.89. The van der Waals surface area contributed by atoms with E-state index in [0.29, 0.717) is 5.13 Å².